The fourth-order valence-electron chi connectivity index (χ4n) is 1.20. The highest BCUT2D eigenvalue weighted by molar-refractivity contribution is 5.20. The minimum absolute atomic E-state index is 0.211. The SMILES string of the molecule is C=C(CNC)Cn1cc([N+](=O)[O-])cnc1=O. The molecular weight excluding hydrogens is 212 g/mol. The van der Waals surface area contributed by atoms with E-state index in [4.69, 9.17) is 0 Å². The number of aromatic nitrogens is 2. The molecule has 86 valence electrons. The van der Waals surface area contributed by atoms with Gasteiger partial charge in [0.2, 0.25) is 0 Å². The predicted molar refractivity (Wildman–Crippen MR) is 58.2 cm³/mol. The van der Waals surface area contributed by atoms with Crippen LogP contribution in [0.5, 0.6) is 0 Å². The first-order chi connectivity index (χ1) is 7.54. The number of likely N-dealkylation sites (N-methyl/N-ethyl adjacent to an activating group) is 1. The van der Waals surface area contributed by atoms with E-state index in [0.29, 0.717) is 6.54 Å². The van der Waals surface area contributed by atoms with Crippen LogP contribution in [0.4, 0.5) is 5.69 Å². The van der Waals surface area contributed by atoms with Crippen molar-refractivity contribution in [1.29, 1.82) is 0 Å². The van der Waals surface area contributed by atoms with E-state index in [1.165, 1.54) is 0 Å². The summed E-state index contributed by atoms with van der Waals surface area (Å²) in [5.74, 6) is 0. The van der Waals surface area contributed by atoms with Crippen LogP contribution in [0.25, 0.3) is 0 Å². The fourth-order valence-corrected chi connectivity index (χ4v) is 1.20. The molecule has 0 aromatic carbocycles. The lowest BCUT2D eigenvalue weighted by molar-refractivity contribution is -0.385. The molecule has 7 heteroatoms. The van der Waals surface area contributed by atoms with Gasteiger partial charge in [-0.25, -0.2) is 4.79 Å². The van der Waals surface area contributed by atoms with Crippen molar-refractivity contribution in [2.75, 3.05) is 13.6 Å². The minimum Gasteiger partial charge on any atom is -0.316 e. The molecule has 0 atom stereocenters. The van der Waals surface area contributed by atoms with Crippen molar-refractivity contribution in [1.82, 2.24) is 14.9 Å². The van der Waals surface area contributed by atoms with Crippen molar-refractivity contribution in [3.63, 3.8) is 0 Å². The highest BCUT2D eigenvalue weighted by Crippen LogP contribution is 2.05. The molecule has 0 fully saturated rings. The fraction of sp³-hybridized carbons (Fsp3) is 0.333. The second-order valence-corrected chi connectivity index (χ2v) is 3.26. The second kappa shape index (κ2) is 5.17. The molecule has 7 nitrogen and oxygen atoms in total. The van der Waals surface area contributed by atoms with Crippen molar-refractivity contribution in [3.8, 4) is 0 Å². The van der Waals surface area contributed by atoms with Crippen LogP contribution in [0, 0.1) is 10.1 Å². The van der Waals surface area contributed by atoms with Gasteiger partial charge in [-0.3, -0.25) is 14.7 Å². The van der Waals surface area contributed by atoms with Crippen LogP contribution in [-0.2, 0) is 6.54 Å². The largest absolute Gasteiger partial charge is 0.348 e. The third kappa shape index (κ3) is 2.99. The van der Waals surface area contributed by atoms with Gasteiger partial charge in [0, 0.05) is 13.1 Å². The number of hydrogen-bond acceptors (Lipinski definition) is 5. The normalized spacial score (nSPS) is 10.1. The standard InChI is InChI=1S/C9H12N4O3/c1-7(3-10-2)5-12-6-8(13(15)16)4-11-9(12)14/h4,6,10H,1,3,5H2,2H3. The number of rotatable bonds is 5. The topological polar surface area (TPSA) is 90.1 Å². The monoisotopic (exact) mass is 224 g/mol. The lowest BCUT2D eigenvalue weighted by atomic mass is 10.3. The average Bonchev–Trinajstić information content (AvgIpc) is 2.21. The Balaban J connectivity index is 2.94. The smallest absolute Gasteiger partial charge is 0.316 e. The molecule has 1 aromatic heterocycles. The Kier molecular flexibility index (Phi) is 3.90. The molecule has 1 N–H and O–H groups in total. The second-order valence-electron chi connectivity index (χ2n) is 3.26. The number of nitrogens with zero attached hydrogens (tertiary/aromatic N) is 3. The number of nitrogens with one attached hydrogen (secondary N) is 1. The molecule has 0 spiro atoms. The summed E-state index contributed by atoms with van der Waals surface area (Å²) in [7, 11) is 1.75. The molecule has 0 saturated heterocycles. The predicted octanol–water partition coefficient (Wildman–Crippen LogP) is -0.0729. The Morgan fingerprint density at radius 1 is 1.75 bits per heavy atom. The van der Waals surface area contributed by atoms with Crippen LogP contribution < -0.4 is 11.0 Å². The van der Waals surface area contributed by atoms with Crippen LogP contribution in [0.15, 0.2) is 29.3 Å². The third-order valence-corrected chi connectivity index (χ3v) is 1.87. The van der Waals surface area contributed by atoms with Crippen LogP contribution in [-0.4, -0.2) is 28.1 Å². The first-order valence-electron chi connectivity index (χ1n) is 4.56. The van der Waals surface area contributed by atoms with Crippen molar-refractivity contribution >= 4 is 5.69 Å². The van der Waals surface area contributed by atoms with Crippen molar-refractivity contribution in [3.05, 3.63) is 45.1 Å². The summed E-state index contributed by atoms with van der Waals surface area (Å²) in [6.45, 7) is 4.49. The summed E-state index contributed by atoms with van der Waals surface area (Å²) in [5.41, 5.74) is 0.00612. The zero-order chi connectivity index (χ0) is 12.1. The quantitative estimate of drug-likeness (QED) is 0.429. The lowest BCUT2D eigenvalue weighted by Crippen LogP contribution is -2.25. The molecule has 0 saturated carbocycles. The summed E-state index contributed by atoms with van der Waals surface area (Å²) in [5, 5.41) is 13.4. The van der Waals surface area contributed by atoms with Crippen LogP contribution in [0.3, 0.4) is 0 Å². The molecule has 0 bridgehead atoms. The van der Waals surface area contributed by atoms with E-state index in [-0.39, 0.29) is 12.2 Å². The van der Waals surface area contributed by atoms with Gasteiger partial charge in [0.15, 0.2) is 0 Å². The van der Waals surface area contributed by atoms with E-state index in [0.717, 1.165) is 22.5 Å². The zero-order valence-electron chi connectivity index (χ0n) is 8.84. The van der Waals surface area contributed by atoms with E-state index in [1.54, 1.807) is 7.05 Å². The van der Waals surface area contributed by atoms with Gasteiger partial charge in [0.1, 0.15) is 6.20 Å². The summed E-state index contributed by atoms with van der Waals surface area (Å²) >= 11 is 0. The molecule has 1 aromatic rings. The molecule has 0 aliphatic heterocycles. The van der Waals surface area contributed by atoms with Gasteiger partial charge in [0.25, 0.3) is 0 Å². The maximum atomic E-state index is 11.3. The Labute approximate surface area is 91.6 Å². The van der Waals surface area contributed by atoms with Gasteiger partial charge >= 0.3 is 11.4 Å². The van der Waals surface area contributed by atoms with Gasteiger partial charge in [-0.1, -0.05) is 6.58 Å². The summed E-state index contributed by atoms with van der Waals surface area (Å²) < 4.78 is 1.16. The average molecular weight is 224 g/mol. The molecular formula is C9H12N4O3. The van der Waals surface area contributed by atoms with E-state index in [2.05, 4.69) is 16.9 Å². The van der Waals surface area contributed by atoms with Crippen molar-refractivity contribution in [2.24, 2.45) is 0 Å². The maximum absolute atomic E-state index is 11.3. The first-order valence-corrected chi connectivity index (χ1v) is 4.56. The van der Waals surface area contributed by atoms with E-state index < -0.39 is 10.6 Å². The Morgan fingerprint density at radius 2 is 2.44 bits per heavy atom. The molecule has 0 radical (unpaired) electrons. The summed E-state index contributed by atoms with van der Waals surface area (Å²) in [6.07, 6.45) is 2.11. The molecule has 0 aliphatic carbocycles. The van der Waals surface area contributed by atoms with Gasteiger partial charge in [-0.15, -0.1) is 0 Å². The number of hydrogen-bond donors (Lipinski definition) is 1. The Morgan fingerprint density at radius 3 is 3.00 bits per heavy atom. The van der Waals surface area contributed by atoms with Gasteiger partial charge in [-0.2, -0.15) is 4.98 Å². The highest BCUT2D eigenvalue weighted by Gasteiger charge is 2.09. The molecule has 1 rings (SSSR count). The Hall–Kier alpha value is -2.02. The third-order valence-electron chi connectivity index (χ3n) is 1.87. The van der Waals surface area contributed by atoms with E-state index >= 15 is 0 Å². The van der Waals surface area contributed by atoms with Crippen LogP contribution in [0.2, 0.25) is 0 Å². The molecule has 0 aliphatic rings. The van der Waals surface area contributed by atoms with Crippen LogP contribution >= 0.6 is 0 Å². The summed E-state index contributed by atoms with van der Waals surface area (Å²) in [6, 6.07) is 0. The first kappa shape index (κ1) is 12.1. The molecule has 16 heavy (non-hydrogen) atoms. The van der Waals surface area contributed by atoms with Gasteiger partial charge in [0.05, 0.1) is 11.1 Å². The van der Waals surface area contributed by atoms with Crippen LogP contribution in [0.1, 0.15) is 0 Å². The minimum atomic E-state index is -0.593. The molecule has 0 unspecified atom stereocenters. The van der Waals surface area contributed by atoms with Crippen molar-refractivity contribution < 1.29 is 4.92 Å². The molecule has 0 amide bonds. The molecule has 1 heterocycles. The number of nitro groups is 1. The zero-order valence-corrected chi connectivity index (χ0v) is 8.84. The van der Waals surface area contributed by atoms with E-state index in [1.807, 2.05) is 0 Å². The van der Waals surface area contributed by atoms with E-state index in [9.17, 15) is 14.9 Å². The van der Waals surface area contributed by atoms with Gasteiger partial charge < -0.3 is 5.32 Å². The lowest BCUT2D eigenvalue weighted by Gasteiger charge is -2.06. The summed E-state index contributed by atoms with van der Waals surface area (Å²) in [4.78, 5) is 24.6. The Bertz CT molecular complexity index is 466. The van der Waals surface area contributed by atoms with Crippen molar-refractivity contribution in [2.45, 2.75) is 6.54 Å². The van der Waals surface area contributed by atoms with Gasteiger partial charge in [-0.05, 0) is 12.6 Å². The highest BCUT2D eigenvalue weighted by atomic mass is 16.6. The maximum Gasteiger partial charge on any atom is 0.348 e.